The number of nitrogens with zero attached hydrogens (tertiary/aromatic N) is 3. The quantitative estimate of drug-likeness (QED) is 0.430. The Morgan fingerprint density at radius 2 is 2.00 bits per heavy atom. The van der Waals surface area contributed by atoms with Crippen LogP contribution in [0.1, 0.15) is 18.1 Å². The number of aromatic nitrogens is 2. The van der Waals surface area contributed by atoms with E-state index in [0.29, 0.717) is 28.2 Å². The van der Waals surface area contributed by atoms with Crippen LogP contribution < -0.4 is 16.4 Å². The highest BCUT2D eigenvalue weighted by Gasteiger charge is 2.22. The number of hydrogen-bond acceptors (Lipinski definition) is 7. The van der Waals surface area contributed by atoms with Gasteiger partial charge in [0.2, 0.25) is 0 Å². The van der Waals surface area contributed by atoms with Gasteiger partial charge in [-0.2, -0.15) is 0 Å². The molecule has 1 saturated heterocycles. The van der Waals surface area contributed by atoms with Crippen LogP contribution in [0.2, 0.25) is 10.0 Å². The zero-order chi connectivity index (χ0) is 24.1. The van der Waals surface area contributed by atoms with E-state index in [9.17, 15) is 4.79 Å². The van der Waals surface area contributed by atoms with Gasteiger partial charge >= 0.3 is 0 Å². The topological polar surface area (TPSA) is 96.2 Å². The van der Waals surface area contributed by atoms with Crippen LogP contribution >= 0.6 is 23.2 Å². The van der Waals surface area contributed by atoms with Crippen LogP contribution in [-0.4, -0.2) is 52.9 Å². The molecule has 7 nitrogen and oxygen atoms in total. The third-order valence-electron chi connectivity index (χ3n) is 5.98. The van der Waals surface area contributed by atoms with Crippen LogP contribution in [0.3, 0.4) is 0 Å². The fraction of sp³-hybridized carbons (Fsp3) is 0.320. The average molecular weight is 499 g/mol. The second kappa shape index (κ2) is 11.1. The van der Waals surface area contributed by atoms with E-state index in [1.165, 1.54) is 5.56 Å². The molecule has 1 unspecified atom stereocenters. The zero-order valence-corrected chi connectivity index (χ0v) is 20.5. The summed E-state index contributed by atoms with van der Waals surface area (Å²) in [6.07, 6.45) is 2.56. The summed E-state index contributed by atoms with van der Waals surface area (Å²) < 4.78 is 0. The Morgan fingerprint density at radius 1 is 1.24 bits per heavy atom. The maximum absolute atomic E-state index is 11.7. The lowest BCUT2D eigenvalue weighted by molar-refractivity contribution is -0.120. The molecule has 4 N–H and O–H groups in total. The molecular weight excluding hydrogens is 471 g/mol. The Hall–Kier alpha value is -2.71. The van der Waals surface area contributed by atoms with E-state index >= 15 is 0 Å². The minimum atomic E-state index is -0.0725. The first kappa shape index (κ1) is 24.4. The van der Waals surface area contributed by atoms with Crippen molar-refractivity contribution in [2.75, 3.05) is 37.2 Å². The number of benzene rings is 2. The van der Waals surface area contributed by atoms with Gasteiger partial charge in [0.1, 0.15) is 5.78 Å². The van der Waals surface area contributed by atoms with Gasteiger partial charge < -0.3 is 16.4 Å². The summed E-state index contributed by atoms with van der Waals surface area (Å²) in [6, 6.07) is 13.6. The number of nitrogen functional groups attached to an aromatic ring is 1. The Labute approximate surface area is 209 Å². The summed E-state index contributed by atoms with van der Waals surface area (Å²) in [6.45, 7) is 5.45. The fourth-order valence-electron chi connectivity index (χ4n) is 4.00. The number of rotatable bonds is 8. The maximum Gasteiger partial charge on any atom is 0.169 e. The minimum absolute atomic E-state index is 0.0725. The number of Topliss-reactive ketones (excluding diaryl/α,β-unsaturated/α-hetero) is 1. The molecule has 0 radical (unpaired) electrons. The van der Waals surface area contributed by atoms with Gasteiger partial charge in [-0.15, -0.1) is 0 Å². The molecule has 0 aliphatic carbocycles. The van der Waals surface area contributed by atoms with Crippen LogP contribution in [0.4, 0.5) is 11.6 Å². The molecule has 0 bridgehead atoms. The number of piperazine rings is 1. The number of hydrogen-bond donors (Lipinski definition) is 3. The summed E-state index contributed by atoms with van der Waals surface area (Å²) in [5.74, 6) is 0.978. The number of anilines is 2. The fourth-order valence-corrected chi connectivity index (χ4v) is 4.53. The van der Waals surface area contributed by atoms with Gasteiger partial charge in [-0.25, -0.2) is 9.97 Å². The molecule has 1 fully saturated rings. The largest absolute Gasteiger partial charge is 0.381 e. The molecule has 3 aromatic rings. The Morgan fingerprint density at radius 3 is 2.76 bits per heavy atom. The van der Waals surface area contributed by atoms with E-state index in [-0.39, 0.29) is 11.8 Å². The lowest BCUT2D eigenvalue weighted by atomic mass is 10.0. The van der Waals surface area contributed by atoms with Crippen molar-refractivity contribution < 1.29 is 4.79 Å². The molecule has 4 rings (SSSR count). The van der Waals surface area contributed by atoms with Crippen molar-refractivity contribution in [1.29, 1.82) is 0 Å². The predicted octanol–water partition coefficient (Wildman–Crippen LogP) is 4.05. The van der Waals surface area contributed by atoms with Crippen molar-refractivity contribution in [2.45, 2.75) is 25.9 Å². The first-order valence-electron chi connectivity index (χ1n) is 11.3. The molecular formula is C25H28Cl2N6O. The highest BCUT2D eigenvalue weighted by Crippen LogP contribution is 2.27. The lowest BCUT2D eigenvalue weighted by Crippen LogP contribution is -2.53. The Kier molecular flexibility index (Phi) is 8.00. The molecule has 1 aliphatic heterocycles. The van der Waals surface area contributed by atoms with Crippen LogP contribution in [0.5, 0.6) is 0 Å². The van der Waals surface area contributed by atoms with Gasteiger partial charge in [0.15, 0.2) is 11.6 Å². The molecule has 178 valence electrons. The van der Waals surface area contributed by atoms with Crippen LogP contribution in [-0.2, 0) is 17.8 Å². The monoisotopic (exact) mass is 498 g/mol. The summed E-state index contributed by atoms with van der Waals surface area (Å²) in [5.41, 5.74) is 9.73. The van der Waals surface area contributed by atoms with E-state index < -0.39 is 0 Å². The van der Waals surface area contributed by atoms with E-state index in [1.807, 2.05) is 12.1 Å². The molecule has 9 heteroatoms. The molecule has 1 aromatic heterocycles. The Bertz CT molecular complexity index is 1150. The van der Waals surface area contributed by atoms with Gasteiger partial charge in [-0.1, -0.05) is 47.5 Å². The zero-order valence-electron chi connectivity index (χ0n) is 19.0. The third-order valence-corrected chi connectivity index (χ3v) is 6.69. The number of ketones is 1. The number of carbonyl (C=O) groups excluding carboxylic acids is 1. The lowest BCUT2D eigenvalue weighted by Gasteiger charge is -2.32. The average Bonchev–Trinajstić information content (AvgIpc) is 2.84. The molecule has 0 saturated carbocycles. The second-order valence-corrected chi connectivity index (χ2v) is 9.23. The number of carbonyl (C=O) groups is 1. The normalized spacial score (nSPS) is 16.4. The predicted molar refractivity (Wildman–Crippen MR) is 138 cm³/mol. The molecule has 1 aliphatic rings. The smallest absolute Gasteiger partial charge is 0.169 e. The molecule has 34 heavy (non-hydrogen) atoms. The van der Waals surface area contributed by atoms with Gasteiger partial charge in [-0.3, -0.25) is 9.69 Å². The van der Waals surface area contributed by atoms with E-state index in [2.05, 4.69) is 32.7 Å². The Balaban J connectivity index is 1.44. The molecule has 0 amide bonds. The summed E-state index contributed by atoms with van der Waals surface area (Å²) in [7, 11) is 0. The van der Waals surface area contributed by atoms with Gasteiger partial charge in [0.25, 0.3) is 0 Å². The van der Waals surface area contributed by atoms with Crippen LogP contribution in [0.15, 0.2) is 48.7 Å². The molecule has 1 atom stereocenters. The maximum atomic E-state index is 11.7. The minimum Gasteiger partial charge on any atom is -0.381 e. The van der Waals surface area contributed by atoms with Crippen molar-refractivity contribution in [3.63, 3.8) is 0 Å². The van der Waals surface area contributed by atoms with Crippen molar-refractivity contribution in [3.8, 4) is 11.3 Å². The molecule has 2 heterocycles. The van der Waals surface area contributed by atoms with Crippen molar-refractivity contribution in [3.05, 3.63) is 69.8 Å². The number of nitrogens with one attached hydrogen (secondary N) is 2. The molecule has 0 spiro atoms. The standard InChI is InChI=1S/C25H28Cl2N6O/c1-16(34)23-15-33(11-9-29-23)10-8-17-4-2-5-18(12-17)22-14-30-24(28)25(32-22)31-13-19-20(26)6-3-7-21(19)27/h2-7,12,14,23,29H,8-11,13,15H2,1H3,(H2,28,30)(H,31,32). The van der Waals surface area contributed by atoms with Gasteiger partial charge in [-0.05, 0) is 37.1 Å². The van der Waals surface area contributed by atoms with E-state index in [0.717, 1.165) is 49.4 Å². The van der Waals surface area contributed by atoms with Crippen LogP contribution in [0.25, 0.3) is 11.3 Å². The number of halogens is 2. The van der Waals surface area contributed by atoms with Crippen molar-refractivity contribution in [1.82, 2.24) is 20.2 Å². The summed E-state index contributed by atoms with van der Waals surface area (Å²) >= 11 is 12.5. The summed E-state index contributed by atoms with van der Waals surface area (Å²) in [5, 5.41) is 7.64. The second-order valence-electron chi connectivity index (χ2n) is 8.41. The van der Waals surface area contributed by atoms with E-state index in [1.54, 1.807) is 31.3 Å². The van der Waals surface area contributed by atoms with E-state index in [4.69, 9.17) is 33.9 Å². The van der Waals surface area contributed by atoms with Gasteiger partial charge in [0.05, 0.1) is 17.9 Å². The third kappa shape index (κ3) is 6.04. The first-order chi connectivity index (χ1) is 16.4. The highest BCUT2D eigenvalue weighted by molar-refractivity contribution is 6.36. The van der Waals surface area contributed by atoms with Crippen molar-refractivity contribution >= 4 is 40.6 Å². The first-order valence-corrected chi connectivity index (χ1v) is 12.0. The summed E-state index contributed by atoms with van der Waals surface area (Å²) in [4.78, 5) is 23.1. The molecule has 2 aromatic carbocycles. The SMILES string of the molecule is CC(=O)C1CN(CCc2cccc(-c3cnc(N)c(NCc4c(Cl)cccc4Cl)n3)c2)CCN1. The number of nitrogens with two attached hydrogens (primary N) is 1. The van der Waals surface area contributed by atoms with Crippen LogP contribution in [0, 0.1) is 0 Å². The van der Waals surface area contributed by atoms with Crippen molar-refractivity contribution in [2.24, 2.45) is 0 Å². The van der Waals surface area contributed by atoms with Gasteiger partial charge in [0, 0.05) is 53.9 Å². The highest BCUT2D eigenvalue weighted by atomic mass is 35.5.